The molecular formula is C29H23BrFNO6. The van der Waals surface area contributed by atoms with Crippen LogP contribution in [0.5, 0.6) is 11.5 Å². The molecule has 0 aliphatic carbocycles. The fraction of sp³-hybridized carbons (Fsp3) is 0.172. The number of hydrogen-bond acceptors (Lipinski definition) is 6. The van der Waals surface area contributed by atoms with Gasteiger partial charge in [-0.05, 0) is 66.1 Å². The number of halogens is 2. The molecule has 1 aliphatic heterocycles. The molecule has 3 aromatic carbocycles. The lowest BCUT2D eigenvalue weighted by Crippen LogP contribution is -2.33. The van der Waals surface area contributed by atoms with Crippen LogP contribution in [0.2, 0.25) is 0 Å². The first-order chi connectivity index (χ1) is 18.3. The van der Waals surface area contributed by atoms with E-state index in [9.17, 15) is 19.1 Å². The molecule has 0 spiro atoms. The molecule has 0 fully saturated rings. The van der Waals surface area contributed by atoms with Crippen LogP contribution in [0.15, 0.2) is 87.0 Å². The quantitative estimate of drug-likeness (QED) is 0.251. The second-order valence-electron chi connectivity index (χ2n) is 8.78. The maximum atomic E-state index is 13.8. The number of furan rings is 1. The fourth-order valence-corrected chi connectivity index (χ4v) is 5.02. The smallest absolute Gasteiger partial charge is 0.290 e. The van der Waals surface area contributed by atoms with Crippen molar-refractivity contribution in [3.63, 3.8) is 0 Å². The van der Waals surface area contributed by atoms with Crippen molar-refractivity contribution in [1.82, 2.24) is 4.90 Å². The van der Waals surface area contributed by atoms with Crippen molar-refractivity contribution in [2.45, 2.75) is 12.5 Å². The van der Waals surface area contributed by atoms with E-state index in [1.807, 2.05) is 6.07 Å². The largest absolute Gasteiger partial charge is 0.503 e. The zero-order valence-corrected chi connectivity index (χ0v) is 22.1. The molecule has 1 unspecified atom stereocenters. The molecule has 4 aromatic rings. The number of aliphatic hydroxyl groups excluding tert-OH is 1. The Labute approximate surface area is 226 Å². The number of Topliss-reactive ketones (excluding diaryl/α,β-unsaturated/α-hetero) is 1. The number of amides is 1. The Morgan fingerprint density at radius 3 is 2.47 bits per heavy atom. The number of benzene rings is 3. The number of fused-ring (bicyclic) bond motifs is 1. The Bertz CT molecular complexity index is 1580. The standard InChI is InChI=1S/C29H23BrFNO6/c1-36-22-9-5-17(14-23(22)37-2)26-25(27(33)24-15-18-13-19(30)6-10-21(18)38-24)28(34)29(35)32(26)12-11-16-3-7-20(31)8-4-16/h3-10,13-15,26,34H,11-12H2,1-2H3. The van der Waals surface area contributed by atoms with Crippen molar-refractivity contribution in [3.8, 4) is 11.5 Å². The summed E-state index contributed by atoms with van der Waals surface area (Å²) in [4.78, 5) is 28.5. The van der Waals surface area contributed by atoms with Crippen molar-refractivity contribution in [2.24, 2.45) is 0 Å². The Balaban J connectivity index is 1.57. The van der Waals surface area contributed by atoms with E-state index in [-0.39, 0.29) is 23.7 Å². The first-order valence-corrected chi connectivity index (χ1v) is 12.5. The van der Waals surface area contributed by atoms with Gasteiger partial charge in [-0.1, -0.05) is 34.1 Å². The third kappa shape index (κ3) is 4.65. The minimum Gasteiger partial charge on any atom is -0.503 e. The Kier molecular flexibility index (Phi) is 6.94. The van der Waals surface area contributed by atoms with Crippen LogP contribution >= 0.6 is 15.9 Å². The summed E-state index contributed by atoms with van der Waals surface area (Å²) in [6.07, 6.45) is 0.378. The third-order valence-electron chi connectivity index (χ3n) is 6.53. The SMILES string of the molecule is COc1ccc(C2C(C(=O)c3cc4cc(Br)ccc4o3)=C(O)C(=O)N2CCc2ccc(F)cc2)cc1OC. The second kappa shape index (κ2) is 10.3. The summed E-state index contributed by atoms with van der Waals surface area (Å²) < 4.78 is 30.8. The van der Waals surface area contributed by atoms with Gasteiger partial charge < -0.3 is 23.9 Å². The van der Waals surface area contributed by atoms with E-state index < -0.39 is 23.5 Å². The first kappa shape index (κ1) is 25.5. The lowest BCUT2D eigenvalue weighted by molar-refractivity contribution is -0.129. The summed E-state index contributed by atoms with van der Waals surface area (Å²) in [5.41, 5.74) is 1.74. The van der Waals surface area contributed by atoms with Gasteiger partial charge in [0.2, 0.25) is 5.78 Å². The zero-order chi connectivity index (χ0) is 27.0. The van der Waals surface area contributed by atoms with Crippen LogP contribution in [-0.2, 0) is 11.2 Å². The van der Waals surface area contributed by atoms with Crippen LogP contribution in [0.4, 0.5) is 4.39 Å². The molecule has 5 rings (SSSR count). The summed E-state index contributed by atoms with van der Waals surface area (Å²) in [6.45, 7) is 0.164. The first-order valence-electron chi connectivity index (χ1n) is 11.7. The number of methoxy groups -OCH3 is 2. The molecule has 38 heavy (non-hydrogen) atoms. The van der Waals surface area contributed by atoms with Gasteiger partial charge in [-0.3, -0.25) is 9.59 Å². The van der Waals surface area contributed by atoms with Crippen LogP contribution in [0.25, 0.3) is 11.0 Å². The molecule has 2 heterocycles. The van der Waals surface area contributed by atoms with Gasteiger partial charge in [0, 0.05) is 16.4 Å². The van der Waals surface area contributed by atoms with E-state index in [4.69, 9.17) is 13.9 Å². The van der Waals surface area contributed by atoms with E-state index in [1.54, 1.807) is 48.5 Å². The van der Waals surface area contributed by atoms with Crippen LogP contribution < -0.4 is 9.47 Å². The normalized spacial score (nSPS) is 15.4. The van der Waals surface area contributed by atoms with E-state index in [0.29, 0.717) is 34.5 Å². The van der Waals surface area contributed by atoms with Crippen LogP contribution in [0.3, 0.4) is 0 Å². The molecule has 1 aliphatic rings. The highest BCUT2D eigenvalue weighted by Gasteiger charge is 2.44. The van der Waals surface area contributed by atoms with E-state index in [0.717, 1.165) is 10.0 Å². The summed E-state index contributed by atoms with van der Waals surface area (Å²) in [7, 11) is 2.99. The maximum absolute atomic E-state index is 13.8. The van der Waals surface area contributed by atoms with Crippen molar-refractivity contribution < 1.29 is 33.0 Å². The minimum atomic E-state index is -0.921. The van der Waals surface area contributed by atoms with Crippen LogP contribution in [0, 0.1) is 5.82 Å². The molecule has 1 amide bonds. The van der Waals surface area contributed by atoms with E-state index >= 15 is 0 Å². The number of ether oxygens (including phenoxy) is 2. The van der Waals surface area contributed by atoms with E-state index in [1.165, 1.54) is 31.3 Å². The highest BCUT2D eigenvalue weighted by molar-refractivity contribution is 9.10. The van der Waals surface area contributed by atoms with Gasteiger partial charge in [-0.2, -0.15) is 0 Å². The van der Waals surface area contributed by atoms with Crippen molar-refractivity contribution in [2.75, 3.05) is 20.8 Å². The number of carbonyl (C=O) groups excluding carboxylic acids is 2. The van der Waals surface area contributed by atoms with Crippen molar-refractivity contribution >= 4 is 38.6 Å². The van der Waals surface area contributed by atoms with Gasteiger partial charge in [0.05, 0.1) is 25.8 Å². The fourth-order valence-electron chi connectivity index (χ4n) is 4.65. The van der Waals surface area contributed by atoms with Crippen molar-refractivity contribution in [1.29, 1.82) is 0 Å². The van der Waals surface area contributed by atoms with Gasteiger partial charge in [-0.15, -0.1) is 0 Å². The number of aliphatic hydroxyl groups is 1. The van der Waals surface area contributed by atoms with Crippen molar-refractivity contribution in [3.05, 3.63) is 105 Å². The van der Waals surface area contributed by atoms with Crippen LogP contribution in [-0.4, -0.2) is 42.5 Å². The highest BCUT2D eigenvalue weighted by Crippen LogP contribution is 2.42. The lowest BCUT2D eigenvalue weighted by Gasteiger charge is -2.27. The lowest BCUT2D eigenvalue weighted by atomic mass is 9.94. The third-order valence-corrected chi connectivity index (χ3v) is 7.02. The van der Waals surface area contributed by atoms with Crippen LogP contribution in [0.1, 0.15) is 27.7 Å². The number of ketones is 1. The number of rotatable bonds is 8. The van der Waals surface area contributed by atoms with Gasteiger partial charge >= 0.3 is 0 Å². The molecule has 0 saturated heterocycles. The summed E-state index contributed by atoms with van der Waals surface area (Å²) in [5, 5.41) is 11.7. The molecule has 9 heteroatoms. The number of carbonyl (C=O) groups is 2. The van der Waals surface area contributed by atoms with Gasteiger partial charge in [0.25, 0.3) is 5.91 Å². The predicted molar refractivity (Wildman–Crippen MR) is 142 cm³/mol. The molecule has 0 saturated carbocycles. The molecule has 1 N–H and O–H groups in total. The molecular weight excluding hydrogens is 557 g/mol. The number of hydrogen-bond donors (Lipinski definition) is 1. The zero-order valence-electron chi connectivity index (χ0n) is 20.5. The topological polar surface area (TPSA) is 89.2 Å². The monoisotopic (exact) mass is 579 g/mol. The molecule has 0 bridgehead atoms. The van der Waals surface area contributed by atoms with Gasteiger partial charge in [-0.25, -0.2) is 4.39 Å². The minimum absolute atomic E-state index is 0.00156. The van der Waals surface area contributed by atoms with E-state index in [2.05, 4.69) is 15.9 Å². The maximum Gasteiger partial charge on any atom is 0.290 e. The molecule has 0 radical (unpaired) electrons. The molecule has 1 aromatic heterocycles. The Morgan fingerprint density at radius 2 is 1.76 bits per heavy atom. The number of nitrogens with zero attached hydrogens (tertiary/aromatic N) is 1. The Hall–Kier alpha value is -4.11. The summed E-state index contributed by atoms with van der Waals surface area (Å²) in [5.74, 6) is -1.42. The average Bonchev–Trinajstić information content (AvgIpc) is 3.45. The summed E-state index contributed by atoms with van der Waals surface area (Å²) in [6, 6.07) is 17.0. The van der Waals surface area contributed by atoms with Gasteiger partial charge in [0.15, 0.2) is 23.0 Å². The second-order valence-corrected chi connectivity index (χ2v) is 9.69. The highest BCUT2D eigenvalue weighted by atomic mass is 79.9. The Morgan fingerprint density at radius 1 is 1.03 bits per heavy atom. The summed E-state index contributed by atoms with van der Waals surface area (Å²) >= 11 is 3.41. The van der Waals surface area contributed by atoms with Gasteiger partial charge in [0.1, 0.15) is 11.4 Å². The molecule has 7 nitrogen and oxygen atoms in total. The average molecular weight is 580 g/mol. The predicted octanol–water partition coefficient (Wildman–Crippen LogP) is 6.17. The molecule has 1 atom stereocenters. The molecule has 194 valence electrons.